The molecule has 0 bridgehead atoms. The summed E-state index contributed by atoms with van der Waals surface area (Å²) in [5, 5.41) is 11.7. The first kappa shape index (κ1) is 23.0. The van der Waals surface area contributed by atoms with Crippen LogP contribution in [-0.2, 0) is 33.4 Å². The topological polar surface area (TPSA) is 123 Å². The van der Waals surface area contributed by atoms with Gasteiger partial charge in [0, 0.05) is 24.8 Å². The summed E-state index contributed by atoms with van der Waals surface area (Å²) in [5.41, 5.74) is -4.10. The lowest BCUT2D eigenvalue weighted by Crippen LogP contribution is -2.68. The summed E-state index contributed by atoms with van der Waals surface area (Å²) in [6.45, 7) is 9.00. The molecule has 0 aromatic rings. The summed E-state index contributed by atoms with van der Waals surface area (Å²) in [7, 11) is 0. The minimum absolute atomic E-state index is 0.0933. The normalized spacial score (nSPS) is 57.7. The third-order valence-corrected chi connectivity index (χ3v) is 11.6. The fraction of sp³-hybridized carbons (Fsp3) is 0.714. The third kappa shape index (κ3) is 2.26. The van der Waals surface area contributed by atoms with E-state index in [-0.39, 0.29) is 48.1 Å². The van der Waals surface area contributed by atoms with Crippen LogP contribution in [0.1, 0.15) is 60.3 Å². The van der Waals surface area contributed by atoms with E-state index in [0.29, 0.717) is 24.0 Å². The van der Waals surface area contributed by atoms with Crippen molar-refractivity contribution < 1.29 is 38.5 Å². The minimum atomic E-state index is -1.35. The van der Waals surface area contributed by atoms with E-state index in [4.69, 9.17) is 14.2 Å². The Labute approximate surface area is 209 Å². The van der Waals surface area contributed by atoms with Crippen LogP contribution in [0.15, 0.2) is 23.3 Å². The highest BCUT2D eigenvalue weighted by Gasteiger charge is 2.79. The maximum atomic E-state index is 14.0. The molecule has 192 valence electrons. The van der Waals surface area contributed by atoms with E-state index >= 15 is 0 Å². The number of allylic oxidation sites excluding steroid dienone is 2. The number of rotatable bonds is 1. The zero-order chi connectivity index (χ0) is 25.8. The molecule has 8 nitrogen and oxygen atoms in total. The molecule has 4 aliphatic carbocycles. The number of esters is 1. The van der Waals surface area contributed by atoms with Gasteiger partial charge in [-0.1, -0.05) is 6.08 Å². The number of cyclic esters (lactones) is 1. The molecule has 11 atom stereocenters. The van der Waals surface area contributed by atoms with Crippen LogP contribution < -0.4 is 0 Å². The highest BCUT2D eigenvalue weighted by Crippen LogP contribution is 2.70. The second-order valence-electron chi connectivity index (χ2n) is 12.9. The van der Waals surface area contributed by atoms with Crippen molar-refractivity contribution in [3.05, 3.63) is 23.3 Å². The van der Waals surface area contributed by atoms with Crippen molar-refractivity contribution in [3.8, 4) is 0 Å². The Hall–Kier alpha value is -2.16. The van der Waals surface area contributed by atoms with Gasteiger partial charge in [0.15, 0.2) is 17.2 Å². The van der Waals surface area contributed by atoms with Crippen LogP contribution >= 0.6 is 0 Å². The number of hydrogen-bond acceptors (Lipinski definition) is 8. The maximum absolute atomic E-state index is 14.0. The molecule has 0 aromatic heterocycles. The van der Waals surface area contributed by atoms with Crippen molar-refractivity contribution in [1.82, 2.24) is 0 Å². The summed E-state index contributed by atoms with van der Waals surface area (Å²) < 4.78 is 17.5. The predicted octanol–water partition coefficient (Wildman–Crippen LogP) is 2.01. The molecule has 7 aliphatic rings. The van der Waals surface area contributed by atoms with Gasteiger partial charge in [-0.05, 0) is 70.4 Å². The van der Waals surface area contributed by atoms with Crippen molar-refractivity contribution in [2.45, 2.75) is 95.4 Å². The molecule has 0 unspecified atom stereocenters. The second kappa shape index (κ2) is 6.27. The Morgan fingerprint density at radius 2 is 1.78 bits per heavy atom. The Morgan fingerprint density at radius 3 is 2.47 bits per heavy atom. The lowest BCUT2D eigenvalue weighted by atomic mass is 9.43. The van der Waals surface area contributed by atoms with Gasteiger partial charge in [0.1, 0.15) is 29.2 Å². The Kier molecular flexibility index (Phi) is 4.01. The van der Waals surface area contributed by atoms with E-state index in [1.807, 2.05) is 13.8 Å². The zero-order valence-electron chi connectivity index (χ0n) is 21.3. The van der Waals surface area contributed by atoms with Crippen LogP contribution in [0, 0.1) is 28.6 Å². The number of carbonyl (C=O) groups excluding carboxylic acids is 4. The molecule has 0 spiro atoms. The van der Waals surface area contributed by atoms with Crippen molar-refractivity contribution in [2.24, 2.45) is 28.6 Å². The number of Topliss-reactive ketones (excluding diaryl/α,β-unsaturated/α-hetero) is 2. The molecule has 3 heterocycles. The largest absolute Gasteiger partial charge is 0.455 e. The van der Waals surface area contributed by atoms with E-state index in [1.165, 1.54) is 6.08 Å². The van der Waals surface area contributed by atoms with Crippen molar-refractivity contribution in [1.29, 1.82) is 0 Å². The first-order valence-corrected chi connectivity index (χ1v) is 13.0. The molecule has 36 heavy (non-hydrogen) atoms. The number of ketones is 3. The number of ether oxygens (including phenoxy) is 3. The number of aliphatic hydroxyl groups is 1. The van der Waals surface area contributed by atoms with E-state index in [1.54, 1.807) is 26.8 Å². The Morgan fingerprint density at radius 1 is 1.06 bits per heavy atom. The van der Waals surface area contributed by atoms with Crippen LogP contribution in [0.3, 0.4) is 0 Å². The van der Waals surface area contributed by atoms with E-state index in [0.717, 1.165) is 0 Å². The zero-order valence-corrected chi connectivity index (χ0v) is 21.3. The average molecular weight is 497 g/mol. The average Bonchev–Trinajstić information content (AvgIpc) is 3.67. The molecule has 0 radical (unpaired) electrons. The van der Waals surface area contributed by atoms with Crippen LogP contribution in [0.2, 0.25) is 0 Å². The summed E-state index contributed by atoms with van der Waals surface area (Å²) in [6, 6.07) is 0. The lowest BCUT2D eigenvalue weighted by molar-refractivity contribution is -0.180. The molecule has 3 aliphatic heterocycles. The van der Waals surface area contributed by atoms with Crippen LogP contribution in [0.4, 0.5) is 0 Å². The number of fused-ring (bicyclic) bond motifs is 9. The number of carbonyl (C=O) groups is 4. The van der Waals surface area contributed by atoms with E-state index in [2.05, 4.69) is 0 Å². The quantitative estimate of drug-likeness (QED) is 0.332. The number of hydrogen-bond donors (Lipinski definition) is 1. The highest BCUT2D eigenvalue weighted by molar-refractivity contribution is 6.09. The van der Waals surface area contributed by atoms with Crippen molar-refractivity contribution in [2.75, 3.05) is 0 Å². The van der Waals surface area contributed by atoms with Crippen LogP contribution in [0.5, 0.6) is 0 Å². The van der Waals surface area contributed by atoms with Crippen LogP contribution in [-0.4, -0.2) is 63.5 Å². The van der Waals surface area contributed by atoms with Gasteiger partial charge in [0.25, 0.3) is 0 Å². The van der Waals surface area contributed by atoms with Gasteiger partial charge in [-0.2, -0.15) is 0 Å². The monoisotopic (exact) mass is 496 g/mol. The molecule has 0 amide bonds. The first-order valence-electron chi connectivity index (χ1n) is 13.0. The molecule has 3 saturated heterocycles. The van der Waals surface area contributed by atoms with Gasteiger partial charge >= 0.3 is 5.97 Å². The van der Waals surface area contributed by atoms with Crippen molar-refractivity contribution >= 4 is 23.3 Å². The predicted molar refractivity (Wildman–Crippen MR) is 123 cm³/mol. The van der Waals surface area contributed by atoms with Crippen LogP contribution in [0.25, 0.3) is 0 Å². The van der Waals surface area contributed by atoms with Gasteiger partial charge in [0.05, 0.1) is 16.9 Å². The molecule has 0 aromatic carbocycles. The van der Waals surface area contributed by atoms with E-state index < -0.39 is 51.7 Å². The summed E-state index contributed by atoms with van der Waals surface area (Å²) in [6.07, 6.45) is 2.82. The standard InChI is InChI=1S/C28H32O8/c1-12(16-11-24(2)27(5,36-24)23(32)34-16)20-15(29)9-13-19-14(10-18(31)25(13,20)3)26(4)17(30)7-6-8-28(26,33)22-21(19)35-22/h6-7,13-14,16,19,21-22,33H,8-11H2,1-5H3/b20-12+/t13-,14-,16+,19-,21-,22-,24-,25+,26-,27+,28-/m0/s1. The summed E-state index contributed by atoms with van der Waals surface area (Å²) >= 11 is 0. The molecule has 6 fully saturated rings. The highest BCUT2D eigenvalue weighted by atomic mass is 16.7. The summed E-state index contributed by atoms with van der Waals surface area (Å²) in [5.74, 6) is -1.78. The molecule has 7 rings (SSSR count). The van der Waals surface area contributed by atoms with Crippen molar-refractivity contribution in [3.63, 3.8) is 0 Å². The number of epoxide rings is 2. The summed E-state index contributed by atoms with van der Waals surface area (Å²) in [4.78, 5) is 53.6. The Bertz CT molecular complexity index is 1250. The second-order valence-corrected chi connectivity index (χ2v) is 12.9. The molecular formula is C28H32O8. The van der Waals surface area contributed by atoms with Gasteiger partial charge in [0.2, 0.25) is 0 Å². The smallest absolute Gasteiger partial charge is 0.341 e. The Balaban J connectivity index is 1.30. The van der Waals surface area contributed by atoms with Gasteiger partial charge in [-0.3, -0.25) is 14.4 Å². The van der Waals surface area contributed by atoms with E-state index in [9.17, 15) is 24.3 Å². The van der Waals surface area contributed by atoms with Gasteiger partial charge in [-0.25, -0.2) is 4.79 Å². The maximum Gasteiger partial charge on any atom is 0.341 e. The first-order chi connectivity index (χ1) is 16.7. The fourth-order valence-electron chi connectivity index (χ4n) is 8.97. The molecule has 3 saturated carbocycles. The third-order valence-electron chi connectivity index (χ3n) is 11.6. The molecule has 8 heteroatoms. The molecular weight excluding hydrogens is 464 g/mol. The fourth-order valence-corrected chi connectivity index (χ4v) is 8.97. The lowest BCUT2D eigenvalue weighted by Gasteiger charge is -2.58. The minimum Gasteiger partial charge on any atom is -0.455 e. The van der Waals surface area contributed by atoms with Gasteiger partial charge in [-0.15, -0.1) is 0 Å². The van der Waals surface area contributed by atoms with Gasteiger partial charge < -0.3 is 19.3 Å². The SMILES string of the molecule is C/C(=C1/C(=O)C[C@H]2[C@@H]3[C@@H]4O[C@@H]4[C@@]4(O)CC=CC(=O)[C@]4(C)[C@H]3CC(=O)[C@]12C)[C@H]1C[C@]2(C)O[C@]2(C)C(=O)O1. The molecule has 1 N–H and O–H groups in total.